The lowest BCUT2D eigenvalue weighted by molar-refractivity contribution is 0.749. The van der Waals surface area contributed by atoms with Crippen LogP contribution >= 0.6 is 15.9 Å². The average molecular weight is 642 g/mol. The third-order valence-corrected chi connectivity index (χ3v) is 9.66. The monoisotopic (exact) mass is 640 g/mol. The van der Waals surface area contributed by atoms with E-state index in [-0.39, 0.29) is 0 Å². The third kappa shape index (κ3) is 3.74. The maximum Gasteiger partial charge on any atom is 0.238 e. The van der Waals surface area contributed by atoms with Gasteiger partial charge >= 0.3 is 0 Å². The zero-order chi connectivity index (χ0) is 30.0. The second-order valence-corrected chi connectivity index (χ2v) is 12.2. The van der Waals surface area contributed by atoms with Gasteiger partial charge in [-0.2, -0.15) is 9.97 Å². The Labute approximate surface area is 269 Å². The zero-order valence-corrected chi connectivity index (χ0v) is 25.7. The van der Waals surface area contributed by atoms with E-state index < -0.39 is 5.41 Å². The third-order valence-electron chi connectivity index (χ3n) is 9.00. The van der Waals surface area contributed by atoms with Crippen LogP contribution in [0, 0.1) is 0 Å². The van der Waals surface area contributed by atoms with E-state index in [4.69, 9.17) is 15.0 Å². The Balaban J connectivity index is 1.37. The number of benzene rings is 6. The lowest BCUT2D eigenvalue weighted by atomic mass is 9.65. The first-order chi connectivity index (χ1) is 22.2. The van der Waals surface area contributed by atoms with Crippen LogP contribution in [0.5, 0.6) is 0 Å². The van der Waals surface area contributed by atoms with E-state index in [9.17, 15) is 0 Å². The van der Waals surface area contributed by atoms with E-state index in [1.54, 1.807) is 0 Å². The lowest BCUT2D eigenvalue weighted by Crippen LogP contribution is -2.36. The van der Waals surface area contributed by atoms with E-state index in [1.807, 2.05) is 60.7 Å². The van der Waals surface area contributed by atoms with Gasteiger partial charge in [0.05, 0.1) is 16.8 Å². The lowest BCUT2D eigenvalue weighted by Gasteiger charge is -2.44. The molecule has 0 saturated heterocycles. The van der Waals surface area contributed by atoms with Crippen molar-refractivity contribution in [1.29, 1.82) is 0 Å². The molecule has 7 aromatic rings. The quantitative estimate of drug-likeness (QED) is 0.193. The van der Waals surface area contributed by atoms with Gasteiger partial charge in [0.2, 0.25) is 5.95 Å². The fourth-order valence-corrected chi connectivity index (χ4v) is 7.80. The minimum absolute atomic E-state index is 0.517. The van der Waals surface area contributed by atoms with Crippen molar-refractivity contribution in [2.24, 2.45) is 0 Å². The van der Waals surface area contributed by atoms with Crippen LogP contribution in [0.2, 0.25) is 0 Å². The summed E-state index contributed by atoms with van der Waals surface area (Å²) in [6.45, 7) is 0. The molecule has 45 heavy (non-hydrogen) atoms. The molecule has 0 atom stereocenters. The first-order valence-corrected chi connectivity index (χ1v) is 15.8. The first kappa shape index (κ1) is 26.1. The Morgan fingerprint density at radius 3 is 1.53 bits per heavy atom. The maximum atomic E-state index is 5.16. The fraction of sp³-hybridized carbons (Fsp3) is 0.0250. The molecular weight excluding hydrogens is 616 g/mol. The van der Waals surface area contributed by atoms with Gasteiger partial charge < -0.3 is 0 Å². The predicted molar refractivity (Wildman–Crippen MR) is 184 cm³/mol. The number of rotatable bonds is 3. The number of para-hydroxylation sites is 2. The van der Waals surface area contributed by atoms with Gasteiger partial charge in [-0.3, -0.25) is 4.90 Å². The normalized spacial score (nSPS) is 13.6. The summed E-state index contributed by atoms with van der Waals surface area (Å²) in [5, 5.41) is 0. The summed E-state index contributed by atoms with van der Waals surface area (Å²) in [5.41, 5.74) is 10.9. The Morgan fingerprint density at radius 2 is 0.933 bits per heavy atom. The van der Waals surface area contributed by atoms with Gasteiger partial charge in [0.1, 0.15) is 0 Å². The second kappa shape index (κ2) is 10.1. The number of halogens is 1. The minimum atomic E-state index is -0.517. The van der Waals surface area contributed by atoms with Crippen LogP contribution in [0.4, 0.5) is 17.3 Å². The summed E-state index contributed by atoms with van der Waals surface area (Å²) in [6, 6.07) is 53.1. The highest BCUT2D eigenvalue weighted by Gasteiger charge is 2.52. The van der Waals surface area contributed by atoms with Gasteiger partial charge in [0, 0.05) is 21.2 Å². The Kier molecular flexibility index (Phi) is 5.83. The summed E-state index contributed by atoms with van der Waals surface area (Å²) >= 11 is 3.92. The molecule has 0 fully saturated rings. The van der Waals surface area contributed by atoms with Crippen LogP contribution in [0.25, 0.3) is 33.9 Å². The number of nitrogens with zero attached hydrogens (tertiary/aromatic N) is 4. The van der Waals surface area contributed by atoms with Gasteiger partial charge in [-0.25, -0.2) is 4.98 Å². The molecule has 5 heteroatoms. The van der Waals surface area contributed by atoms with Gasteiger partial charge in [0.15, 0.2) is 11.6 Å². The number of anilines is 3. The first-order valence-electron chi connectivity index (χ1n) is 15.0. The molecule has 1 spiro atoms. The van der Waals surface area contributed by atoms with Crippen LogP contribution in [0.1, 0.15) is 22.3 Å². The van der Waals surface area contributed by atoms with Crippen molar-refractivity contribution < 1.29 is 0 Å². The summed E-state index contributed by atoms with van der Waals surface area (Å²) in [7, 11) is 0. The molecule has 6 aromatic carbocycles. The van der Waals surface area contributed by atoms with Crippen molar-refractivity contribution >= 4 is 33.3 Å². The number of fused-ring (bicyclic) bond motifs is 9. The molecule has 1 aliphatic carbocycles. The molecule has 0 N–H and O–H groups in total. The Bertz CT molecular complexity index is 2140. The largest absolute Gasteiger partial charge is 0.278 e. The van der Waals surface area contributed by atoms with Crippen LogP contribution in [-0.2, 0) is 5.41 Å². The Hall–Kier alpha value is -5.39. The van der Waals surface area contributed by atoms with Gasteiger partial charge in [0.25, 0.3) is 0 Å². The van der Waals surface area contributed by atoms with E-state index in [2.05, 4.69) is 112 Å². The fourth-order valence-electron chi connectivity index (χ4n) is 7.22. The van der Waals surface area contributed by atoms with Crippen molar-refractivity contribution in [3.05, 3.63) is 178 Å². The Morgan fingerprint density at radius 1 is 0.444 bits per heavy atom. The topological polar surface area (TPSA) is 41.9 Å². The molecule has 0 unspecified atom stereocenters. The van der Waals surface area contributed by atoms with E-state index >= 15 is 0 Å². The molecule has 0 saturated carbocycles. The highest BCUT2D eigenvalue weighted by atomic mass is 79.9. The van der Waals surface area contributed by atoms with Gasteiger partial charge in [-0.05, 0) is 46.0 Å². The maximum absolute atomic E-state index is 5.16. The molecule has 9 rings (SSSR count). The van der Waals surface area contributed by atoms with Crippen molar-refractivity contribution in [3.8, 4) is 33.9 Å². The highest BCUT2D eigenvalue weighted by Crippen LogP contribution is 2.63. The van der Waals surface area contributed by atoms with E-state index in [1.165, 1.54) is 33.4 Å². The smallest absolute Gasteiger partial charge is 0.238 e. The molecule has 0 bridgehead atoms. The summed E-state index contributed by atoms with van der Waals surface area (Å²) in [4.78, 5) is 17.5. The van der Waals surface area contributed by atoms with Crippen molar-refractivity contribution in [2.75, 3.05) is 4.90 Å². The minimum Gasteiger partial charge on any atom is -0.278 e. The van der Waals surface area contributed by atoms with Gasteiger partial charge in [-0.15, -0.1) is 0 Å². The zero-order valence-electron chi connectivity index (χ0n) is 24.1. The molecular formula is C40H25BrN4. The van der Waals surface area contributed by atoms with Gasteiger partial charge in [-0.1, -0.05) is 149 Å². The number of aromatic nitrogens is 3. The van der Waals surface area contributed by atoms with Crippen LogP contribution in [-0.4, -0.2) is 15.0 Å². The summed E-state index contributed by atoms with van der Waals surface area (Å²) in [6.07, 6.45) is 0. The molecule has 1 aliphatic heterocycles. The molecule has 0 radical (unpaired) electrons. The number of hydrogen-bond acceptors (Lipinski definition) is 4. The average Bonchev–Trinajstić information content (AvgIpc) is 3.41. The highest BCUT2D eigenvalue weighted by molar-refractivity contribution is 9.10. The standard InChI is InChI=1S/C40H25BrN4/c41-33-23-13-22-32-36(33)28-18-7-8-19-29(28)40(32)30-20-9-11-24-34(30)45(35-25-12-10-21-31(35)40)39-43-37(26-14-3-1-4-15-26)42-38(44-39)27-16-5-2-6-17-27/h1-25H. The SMILES string of the molecule is Brc1cccc2c1-c1ccccc1C21c2ccccc2N(c2nc(-c3ccccc3)nc(-c3ccccc3)n2)c2ccccc21. The van der Waals surface area contributed by atoms with Crippen molar-refractivity contribution in [2.45, 2.75) is 5.41 Å². The van der Waals surface area contributed by atoms with Crippen molar-refractivity contribution in [3.63, 3.8) is 0 Å². The van der Waals surface area contributed by atoms with Crippen LogP contribution in [0.3, 0.4) is 0 Å². The molecule has 4 nitrogen and oxygen atoms in total. The summed E-state index contributed by atoms with van der Waals surface area (Å²) < 4.78 is 1.10. The number of hydrogen-bond donors (Lipinski definition) is 0. The predicted octanol–water partition coefficient (Wildman–Crippen LogP) is 10.1. The molecule has 0 amide bonds. The van der Waals surface area contributed by atoms with E-state index in [0.717, 1.165) is 27.0 Å². The second-order valence-electron chi connectivity index (χ2n) is 11.3. The summed E-state index contributed by atoms with van der Waals surface area (Å²) in [5.74, 6) is 1.85. The molecule has 212 valence electrons. The van der Waals surface area contributed by atoms with Crippen LogP contribution in [0.15, 0.2) is 156 Å². The molecule has 2 heterocycles. The molecule has 2 aliphatic rings. The van der Waals surface area contributed by atoms with E-state index in [0.29, 0.717) is 17.6 Å². The van der Waals surface area contributed by atoms with Crippen molar-refractivity contribution in [1.82, 2.24) is 15.0 Å². The molecule has 1 aromatic heterocycles. The van der Waals surface area contributed by atoms with Crippen LogP contribution < -0.4 is 4.90 Å².